The summed E-state index contributed by atoms with van der Waals surface area (Å²) in [4.78, 5) is 25.6. The molecule has 1 aliphatic carbocycles. The van der Waals surface area contributed by atoms with Gasteiger partial charge in [-0.15, -0.1) is 0 Å². The molecule has 2 rings (SSSR count). The van der Waals surface area contributed by atoms with Crippen molar-refractivity contribution in [3.63, 3.8) is 0 Å². The SMILES string of the molecule is CNC(=O)CN1CCC(NC(=O)CC2(CN)CCC2)CC1. The monoisotopic (exact) mass is 296 g/mol. The van der Waals surface area contributed by atoms with Crippen molar-refractivity contribution in [1.29, 1.82) is 0 Å². The zero-order chi connectivity index (χ0) is 15.3. The Balaban J connectivity index is 1.68. The molecule has 1 saturated carbocycles. The number of piperidine rings is 1. The van der Waals surface area contributed by atoms with E-state index < -0.39 is 0 Å². The highest BCUT2D eigenvalue weighted by molar-refractivity contribution is 5.78. The number of nitrogens with one attached hydrogen (secondary N) is 2. The number of likely N-dealkylation sites (tertiary alicyclic amines) is 1. The molecule has 21 heavy (non-hydrogen) atoms. The fraction of sp³-hybridized carbons (Fsp3) is 0.867. The van der Waals surface area contributed by atoms with Crippen LogP contribution < -0.4 is 16.4 Å². The molecule has 1 heterocycles. The second-order valence-corrected chi connectivity index (χ2v) is 6.53. The van der Waals surface area contributed by atoms with E-state index in [1.165, 1.54) is 6.42 Å². The van der Waals surface area contributed by atoms with E-state index in [-0.39, 0.29) is 23.3 Å². The van der Waals surface area contributed by atoms with Gasteiger partial charge in [-0.05, 0) is 37.6 Å². The molecule has 6 nitrogen and oxygen atoms in total. The first-order chi connectivity index (χ1) is 10.1. The normalized spacial score (nSPS) is 22.4. The van der Waals surface area contributed by atoms with E-state index in [9.17, 15) is 9.59 Å². The lowest BCUT2D eigenvalue weighted by Crippen LogP contribution is -2.49. The van der Waals surface area contributed by atoms with E-state index in [0.29, 0.717) is 19.5 Å². The summed E-state index contributed by atoms with van der Waals surface area (Å²) in [6, 6.07) is 0.244. The third-order valence-corrected chi connectivity index (χ3v) is 4.98. The van der Waals surface area contributed by atoms with Crippen molar-refractivity contribution in [2.75, 3.05) is 33.2 Å². The Hall–Kier alpha value is -1.14. The second-order valence-electron chi connectivity index (χ2n) is 6.53. The summed E-state index contributed by atoms with van der Waals surface area (Å²) in [7, 11) is 1.66. The summed E-state index contributed by atoms with van der Waals surface area (Å²) in [5, 5.41) is 5.78. The van der Waals surface area contributed by atoms with Crippen LogP contribution in [0.1, 0.15) is 38.5 Å². The molecule has 6 heteroatoms. The van der Waals surface area contributed by atoms with Crippen molar-refractivity contribution in [2.45, 2.75) is 44.6 Å². The fourth-order valence-electron chi connectivity index (χ4n) is 3.27. The lowest BCUT2D eigenvalue weighted by molar-refractivity contribution is -0.126. The third kappa shape index (κ3) is 4.41. The average molecular weight is 296 g/mol. The number of amides is 2. The molecule has 0 bridgehead atoms. The molecule has 0 unspecified atom stereocenters. The molecular weight excluding hydrogens is 268 g/mol. The number of hydrogen-bond donors (Lipinski definition) is 3. The van der Waals surface area contributed by atoms with Crippen LogP contribution in [0.3, 0.4) is 0 Å². The van der Waals surface area contributed by atoms with Crippen molar-refractivity contribution in [3.05, 3.63) is 0 Å². The fourth-order valence-corrected chi connectivity index (χ4v) is 3.27. The van der Waals surface area contributed by atoms with Crippen LogP contribution in [0.15, 0.2) is 0 Å². The van der Waals surface area contributed by atoms with Crippen LogP contribution in [0.5, 0.6) is 0 Å². The van der Waals surface area contributed by atoms with Gasteiger partial charge in [0.2, 0.25) is 11.8 Å². The maximum Gasteiger partial charge on any atom is 0.233 e. The van der Waals surface area contributed by atoms with E-state index >= 15 is 0 Å². The minimum absolute atomic E-state index is 0.0485. The predicted octanol–water partition coefficient (Wildman–Crippen LogP) is -0.168. The summed E-state index contributed by atoms with van der Waals surface area (Å²) in [5.41, 5.74) is 5.88. The molecule has 0 aromatic rings. The molecule has 0 radical (unpaired) electrons. The minimum Gasteiger partial charge on any atom is -0.358 e. The van der Waals surface area contributed by atoms with E-state index in [2.05, 4.69) is 15.5 Å². The summed E-state index contributed by atoms with van der Waals surface area (Å²) < 4.78 is 0. The van der Waals surface area contributed by atoms with Gasteiger partial charge in [-0.1, -0.05) is 6.42 Å². The van der Waals surface area contributed by atoms with Crippen molar-refractivity contribution in [1.82, 2.24) is 15.5 Å². The van der Waals surface area contributed by atoms with Gasteiger partial charge in [0, 0.05) is 32.6 Å². The molecule has 4 N–H and O–H groups in total. The number of nitrogens with zero attached hydrogens (tertiary/aromatic N) is 1. The number of nitrogens with two attached hydrogens (primary N) is 1. The van der Waals surface area contributed by atoms with Gasteiger partial charge in [-0.25, -0.2) is 0 Å². The Kier molecular flexibility index (Phi) is 5.58. The first-order valence-corrected chi connectivity index (χ1v) is 7.99. The number of carbonyl (C=O) groups is 2. The number of carbonyl (C=O) groups excluding carboxylic acids is 2. The molecule has 120 valence electrons. The highest BCUT2D eigenvalue weighted by atomic mass is 16.2. The highest BCUT2D eigenvalue weighted by Gasteiger charge is 2.37. The van der Waals surface area contributed by atoms with Crippen LogP contribution >= 0.6 is 0 Å². The lowest BCUT2D eigenvalue weighted by atomic mass is 9.66. The summed E-state index contributed by atoms with van der Waals surface area (Å²) in [6.07, 6.45) is 5.77. The van der Waals surface area contributed by atoms with Crippen molar-refractivity contribution in [3.8, 4) is 0 Å². The molecule has 1 saturated heterocycles. The van der Waals surface area contributed by atoms with Gasteiger partial charge in [0.25, 0.3) is 0 Å². The molecule has 2 amide bonds. The summed E-state index contributed by atoms with van der Waals surface area (Å²) in [5.74, 6) is 0.192. The smallest absolute Gasteiger partial charge is 0.233 e. The molecule has 1 aliphatic heterocycles. The van der Waals surface area contributed by atoms with Crippen LogP contribution in [-0.2, 0) is 9.59 Å². The topological polar surface area (TPSA) is 87.5 Å². The first kappa shape index (κ1) is 16.2. The van der Waals surface area contributed by atoms with E-state index in [1.807, 2.05) is 0 Å². The van der Waals surface area contributed by atoms with Crippen LogP contribution in [0.25, 0.3) is 0 Å². The van der Waals surface area contributed by atoms with E-state index in [4.69, 9.17) is 5.73 Å². The molecule has 0 aromatic heterocycles. The van der Waals surface area contributed by atoms with Gasteiger partial charge < -0.3 is 16.4 Å². The molecule has 0 aromatic carbocycles. The minimum atomic E-state index is 0.0485. The molecule has 2 aliphatic rings. The maximum absolute atomic E-state index is 12.1. The summed E-state index contributed by atoms with van der Waals surface area (Å²) in [6.45, 7) is 2.79. The van der Waals surface area contributed by atoms with Gasteiger partial charge in [-0.2, -0.15) is 0 Å². The lowest BCUT2D eigenvalue weighted by Gasteiger charge is -2.41. The number of likely N-dealkylation sites (N-methyl/N-ethyl adjacent to an activating group) is 1. The van der Waals surface area contributed by atoms with E-state index in [1.54, 1.807) is 7.05 Å². The van der Waals surface area contributed by atoms with Gasteiger partial charge in [0.1, 0.15) is 0 Å². The predicted molar refractivity (Wildman–Crippen MR) is 81.6 cm³/mol. The van der Waals surface area contributed by atoms with Gasteiger partial charge in [0.15, 0.2) is 0 Å². The quantitative estimate of drug-likeness (QED) is 0.635. The second kappa shape index (κ2) is 7.22. The van der Waals surface area contributed by atoms with Crippen LogP contribution in [0.4, 0.5) is 0 Å². The van der Waals surface area contributed by atoms with Crippen LogP contribution in [0.2, 0.25) is 0 Å². The van der Waals surface area contributed by atoms with Gasteiger partial charge in [-0.3, -0.25) is 14.5 Å². The van der Waals surface area contributed by atoms with Crippen LogP contribution in [-0.4, -0.2) is 56.0 Å². The Labute approximate surface area is 126 Å². The maximum atomic E-state index is 12.1. The first-order valence-electron chi connectivity index (χ1n) is 7.99. The highest BCUT2D eigenvalue weighted by Crippen LogP contribution is 2.42. The Morgan fingerprint density at radius 2 is 1.90 bits per heavy atom. The standard InChI is InChI=1S/C15H28N4O2/c1-17-14(21)10-19-7-3-12(4-8-19)18-13(20)9-15(11-16)5-2-6-15/h12H,2-11,16H2,1H3,(H,17,21)(H,18,20). The van der Waals surface area contributed by atoms with Crippen LogP contribution in [0, 0.1) is 5.41 Å². The van der Waals surface area contributed by atoms with Crippen molar-refractivity contribution in [2.24, 2.45) is 11.1 Å². The van der Waals surface area contributed by atoms with Gasteiger partial charge in [0.05, 0.1) is 6.54 Å². The van der Waals surface area contributed by atoms with Gasteiger partial charge >= 0.3 is 0 Å². The number of hydrogen-bond acceptors (Lipinski definition) is 4. The number of rotatable bonds is 6. The molecule has 0 atom stereocenters. The zero-order valence-corrected chi connectivity index (χ0v) is 13.0. The van der Waals surface area contributed by atoms with Crippen molar-refractivity contribution >= 4 is 11.8 Å². The third-order valence-electron chi connectivity index (χ3n) is 4.98. The summed E-state index contributed by atoms with van der Waals surface area (Å²) >= 11 is 0. The largest absolute Gasteiger partial charge is 0.358 e. The molecule has 0 spiro atoms. The Morgan fingerprint density at radius 3 is 2.38 bits per heavy atom. The van der Waals surface area contributed by atoms with Crippen molar-refractivity contribution < 1.29 is 9.59 Å². The molecular formula is C15H28N4O2. The Bertz CT molecular complexity index is 368. The average Bonchev–Trinajstić information content (AvgIpc) is 2.45. The molecule has 2 fully saturated rings. The Morgan fingerprint density at radius 1 is 1.24 bits per heavy atom. The zero-order valence-electron chi connectivity index (χ0n) is 13.0. The van der Waals surface area contributed by atoms with E-state index in [0.717, 1.165) is 38.8 Å².